The molecule has 3 unspecified atom stereocenters. The van der Waals surface area contributed by atoms with E-state index in [1.165, 1.54) is 0 Å². The largest absolute Gasteiger partial charge is 0.480 e. The molecule has 0 radical (unpaired) electrons. The maximum absolute atomic E-state index is 12.2. The number of carboxylic acids is 1. The van der Waals surface area contributed by atoms with Crippen molar-refractivity contribution < 1.29 is 19.4 Å². The van der Waals surface area contributed by atoms with Crippen molar-refractivity contribution in [3.05, 3.63) is 0 Å². The molecule has 1 amide bonds. The van der Waals surface area contributed by atoms with E-state index in [2.05, 4.69) is 5.32 Å². The van der Waals surface area contributed by atoms with Crippen LogP contribution in [0.1, 0.15) is 39.0 Å². The molecule has 19 heavy (non-hydrogen) atoms. The summed E-state index contributed by atoms with van der Waals surface area (Å²) in [6.45, 7) is 2.30. The molecule has 0 aromatic heterocycles. The number of carboxylic acid groups (broad SMARTS) is 1. The second kappa shape index (κ2) is 6.86. The van der Waals surface area contributed by atoms with Crippen LogP contribution in [0.15, 0.2) is 0 Å². The van der Waals surface area contributed by atoms with Crippen LogP contribution < -0.4 is 11.1 Å². The summed E-state index contributed by atoms with van der Waals surface area (Å²) in [5, 5.41) is 11.7. The maximum Gasteiger partial charge on any atom is 0.326 e. The average molecular weight is 272 g/mol. The quantitative estimate of drug-likeness (QED) is 0.586. The van der Waals surface area contributed by atoms with Gasteiger partial charge in [0.15, 0.2) is 0 Å². The van der Waals surface area contributed by atoms with Gasteiger partial charge in [0.2, 0.25) is 5.91 Å². The molecule has 4 N–H and O–H groups in total. The van der Waals surface area contributed by atoms with E-state index < -0.39 is 17.4 Å². The molecule has 1 aliphatic carbocycles. The lowest BCUT2D eigenvalue weighted by Crippen LogP contribution is -2.52. The van der Waals surface area contributed by atoms with Gasteiger partial charge in [-0.25, -0.2) is 4.79 Å². The van der Waals surface area contributed by atoms with Gasteiger partial charge < -0.3 is 20.9 Å². The summed E-state index contributed by atoms with van der Waals surface area (Å²) >= 11 is 0. The highest BCUT2D eigenvalue weighted by Crippen LogP contribution is 2.36. The van der Waals surface area contributed by atoms with Crippen LogP contribution in [0.3, 0.4) is 0 Å². The molecule has 1 fully saturated rings. The van der Waals surface area contributed by atoms with Crippen LogP contribution >= 0.6 is 0 Å². The first-order chi connectivity index (χ1) is 8.91. The van der Waals surface area contributed by atoms with E-state index >= 15 is 0 Å². The van der Waals surface area contributed by atoms with Gasteiger partial charge in [-0.1, -0.05) is 6.42 Å². The van der Waals surface area contributed by atoms with Crippen molar-refractivity contribution in [3.8, 4) is 0 Å². The molecule has 0 aromatic carbocycles. The first-order valence-electron chi connectivity index (χ1n) is 6.70. The van der Waals surface area contributed by atoms with Crippen LogP contribution in [0, 0.1) is 5.41 Å². The van der Waals surface area contributed by atoms with Crippen molar-refractivity contribution in [1.29, 1.82) is 0 Å². The molecular weight excluding hydrogens is 248 g/mol. The molecule has 0 aromatic rings. The van der Waals surface area contributed by atoms with E-state index in [0.29, 0.717) is 25.9 Å². The smallest absolute Gasteiger partial charge is 0.326 e. The molecule has 0 spiro atoms. The Morgan fingerprint density at radius 2 is 2.26 bits per heavy atom. The molecule has 0 aliphatic heterocycles. The molecule has 110 valence electrons. The Balaban J connectivity index is 2.58. The fourth-order valence-electron chi connectivity index (χ4n) is 2.49. The fourth-order valence-corrected chi connectivity index (χ4v) is 2.49. The van der Waals surface area contributed by atoms with E-state index in [9.17, 15) is 9.59 Å². The summed E-state index contributed by atoms with van der Waals surface area (Å²) in [4.78, 5) is 23.4. The number of ether oxygens (including phenoxy) is 1. The summed E-state index contributed by atoms with van der Waals surface area (Å²) < 4.78 is 4.89. The lowest BCUT2D eigenvalue weighted by Gasteiger charge is -2.29. The molecular formula is C13H24N2O4. The number of nitrogens with two attached hydrogens (primary N) is 1. The Morgan fingerprint density at radius 3 is 2.74 bits per heavy atom. The zero-order valence-corrected chi connectivity index (χ0v) is 11.6. The highest BCUT2D eigenvalue weighted by atomic mass is 16.5. The number of hydrogen-bond acceptors (Lipinski definition) is 4. The van der Waals surface area contributed by atoms with Gasteiger partial charge >= 0.3 is 5.97 Å². The molecule has 0 heterocycles. The minimum absolute atomic E-state index is 0.194. The third-order valence-electron chi connectivity index (χ3n) is 3.99. The van der Waals surface area contributed by atoms with E-state index in [4.69, 9.17) is 15.6 Å². The van der Waals surface area contributed by atoms with Gasteiger partial charge in [-0.2, -0.15) is 0 Å². The van der Waals surface area contributed by atoms with Gasteiger partial charge in [0.25, 0.3) is 0 Å². The second-order valence-corrected chi connectivity index (χ2v) is 5.42. The fraction of sp³-hybridized carbons (Fsp3) is 0.846. The van der Waals surface area contributed by atoms with Crippen molar-refractivity contribution in [1.82, 2.24) is 5.32 Å². The highest BCUT2D eigenvalue weighted by molar-refractivity contribution is 5.88. The van der Waals surface area contributed by atoms with E-state index in [-0.39, 0.29) is 11.9 Å². The molecule has 1 rings (SSSR count). The van der Waals surface area contributed by atoms with Gasteiger partial charge in [-0.3, -0.25) is 4.79 Å². The van der Waals surface area contributed by atoms with Crippen LogP contribution in [0.5, 0.6) is 0 Å². The van der Waals surface area contributed by atoms with Crippen molar-refractivity contribution in [2.24, 2.45) is 11.1 Å². The summed E-state index contributed by atoms with van der Waals surface area (Å²) in [6, 6.07) is -1.06. The van der Waals surface area contributed by atoms with Crippen molar-refractivity contribution in [3.63, 3.8) is 0 Å². The van der Waals surface area contributed by atoms with E-state index in [1.807, 2.05) is 6.92 Å². The topological polar surface area (TPSA) is 102 Å². The monoisotopic (exact) mass is 272 g/mol. The number of aliphatic carboxylic acids is 1. The molecule has 6 nitrogen and oxygen atoms in total. The number of hydrogen-bond donors (Lipinski definition) is 3. The first-order valence-corrected chi connectivity index (χ1v) is 6.70. The van der Waals surface area contributed by atoms with Crippen LogP contribution in [0.25, 0.3) is 0 Å². The van der Waals surface area contributed by atoms with E-state index in [1.54, 1.807) is 7.11 Å². The Labute approximate surface area is 113 Å². The maximum atomic E-state index is 12.2. The SMILES string of the molecule is COCCCC(NC(=O)C1(C)CCCC1N)C(=O)O. The second-order valence-electron chi connectivity index (χ2n) is 5.42. The molecule has 0 bridgehead atoms. The van der Waals surface area contributed by atoms with Crippen molar-refractivity contribution >= 4 is 11.9 Å². The van der Waals surface area contributed by atoms with Crippen LogP contribution in [-0.2, 0) is 14.3 Å². The van der Waals surface area contributed by atoms with Gasteiger partial charge in [-0.05, 0) is 32.6 Å². The molecule has 6 heteroatoms. The first kappa shape index (κ1) is 15.9. The van der Waals surface area contributed by atoms with Crippen molar-refractivity contribution in [2.45, 2.75) is 51.1 Å². The normalized spacial score (nSPS) is 28.1. The van der Waals surface area contributed by atoms with Crippen LogP contribution in [0.2, 0.25) is 0 Å². The minimum Gasteiger partial charge on any atom is -0.480 e. The summed E-state index contributed by atoms with van der Waals surface area (Å²) in [5.74, 6) is -1.26. The lowest BCUT2D eigenvalue weighted by molar-refractivity contribution is -0.144. The summed E-state index contributed by atoms with van der Waals surface area (Å²) in [6.07, 6.45) is 3.39. The number of methoxy groups -OCH3 is 1. The Morgan fingerprint density at radius 1 is 1.58 bits per heavy atom. The van der Waals surface area contributed by atoms with Crippen molar-refractivity contribution in [2.75, 3.05) is 13.7 Å². The molecule has 0 saturated heterocycles. The third-order valence-corrected chi connectivity index (χ3v) is 3.99. The Hall–Kier alpha value is -1.14. The van der Waals surface area contributed by atoms with Gasteiger partial charge in [0.05, 0.1) is 5.41 Å². The predicted molar refractivity (Wildman–Crippen MR) is 70.6 cm³/mol. The number of carbonyl (C=O) groups is 2. The third kappa shape index (κ3) is 3.91. The number of rotatable bonds is 7. The molecule has 3 atom stereocenters. The zero-order chi connectivity index (χ0) is 14.5. The van der Waals surface area contributed by atoms with Crippen LogP contribution in [-0.4, -0.2) is 42.8 Å². The average Bonchev–Trinajstić information content (AvgIpc) is 2.69. The number of amides is 1. The summed E-state index contributed by atoms with van der Waals surface area (Å²) in [5.41, 5.74) is 5.32. The number of carbonyl (C=O) groups excluding carboxylic acids is 1. The molecule has 1 aliphatic rings. The standard InChI is InChI=1S/C13H24N2O4/c1-13(7-3-6-10(13)14)12(18)15-9(11(16)17)5-4-8-19-2/h9-10H,3-8,14H2,1-2H3,(H,15,18)(H,16,17). The van der Waals surface area contributed by atoms with Gasteiger partial charge in [0, 0.05) is 19.8 Å². The molecule has 1 saturated carbocycles. The lowest BCUT2D eigenvalue weighted by atomic mass is 9.84. The summed E-state index contributed by atoms with van der Waals surface area (Å²) in [7, 11) is 1.56. The minimum atomic E-state index is -1.01. The zero-order valence-electron chi connectivity index (χ0n) is 11.6. The van der Waals surface area contributed by atoms with Gasteiger partial charge in [0.1, 0.15) is 6.04 Å². The van der Waals surface area contributed by atoms with Gasteiger partial charge in [-0.15, -0.1) is 0 Å². The predicted octanol–water partition coefficient (Wildman–Crippen LogP) is 0.500. The van der Waals surface area contributed by atoms with Crippen LogP contribution in [0.4, 0.5) is 0 Å². The Bertz CT molecular complexity index is 335. The highest BCUT2D eigenvalue weighted by Gasteiger charge is 2.43. The Kier molecular flexibility index (Phi) is 5.75. The van der Waals surface area contributed by atoms with E-state index in [0.717, 1.165) is 12.8 Å². The number of nitrogens with one attached hydrogen (secondary N) is 1.